The maximum Gasteiger partial charge on any atom is 0.196 e. The first-order valence-corrected chi connectivity index (χ1v) is 11.1. The van der Waals surface area contributed by atoms with Crippen LogP contribution in [0.3, 0.4) is 0 Å². The van der Waals surface area contributed by atoms with Gasteiger partial charge in [-0.15, -0.1) is 10.2 Å². The van der Waals surface area contributed by atoms with Gasteiger partial charge < -0.3 is 4.74 Å². The van der Waals surface area contributed by atoms with Crippen LogP contribution < -0.4 is 4.74 Å². The Kier molecular flexibility index (Phi) is 8.01. The second-order valence-corrected chi connectivity index (χ2v) is 7.23. The van der Waals surface area contributed by atoms with Crippen molar-refractivity contribution in [2.45, 2.75) is 19.0 Å². The molecule has 0 radical (unpaired) electrons. The predicted molar refractivity (Wildman–Crippen MR) is 126 cm³/mol. The summed E-state index contributed by atoms with van der Waals surface area (Å²) in [5.41, 5.74) is 2.56. The molecule has 0 amide bonds. The maximum absolute atomic E-state index is 12.5. The molecule has 5 nitrogen and oxygen atoms in total. The van der Waals surface area contributed by atoms with E-state index in [0.29, 0.717) is 16.5 Å². The van der Waals surface area contributed by atoms with Crippen LogP contribution in [0.4, 0.5) is 0 Å². The topological polar surface area (TPSA) is 57.0 Å². The van der Waals surface area contributed by atoms with Crippen LogP contribution in [0.1, 0.15) is 24.2 Å². The van der Waals surface area contributed by atoms with Crippen molar-refractivity contribution in [3.8, 4) is 22.8 Å². The van der Waals surface area contributed by atoms with Crippen LogP contribution in [-0.4, -0.2) is 33.4 Å². The number of aromatic nitrogens is 3. The maximum atomic E-state index is 12.5. The average molecular weight is 432 g/mol. The first-order chi connectivity index (χ1) is 15.3. The fourth-order valence-electron chi connectivity index (χ4n) is 2.94. The molecule has 0 bridgehead atoms. The molecule has 0 aliphatic heterocycles. The molecule has 1 heterocycles. The van der Waals surface area contributed by atoms with Crippen molar-refractivity contribution in [2.75, 3.05) is 12.9 Å². The Morgan fingerprint density at radius 1 is 0.871 bits per heavy atom. The Morgan fingerprint density at radius 3 is 2.10 bits per heavy atom. The van der Waals surface area contributed by atoms with Gasteiger partial charge in [-0.1, -0.05) is 74.1 Å². The standard InChI is InChI=1S/C23H19N3O2S.C2H6/c1-28-20-14-12-18(13-15-20)22-24-25-23(26(22)19-10-6-3-7-11-19)29-16-21(27)17-8-4-2-5-9-17;1-2/h2-15H,16H2,1H3;1-2H3. The van der Waals surface area contributed by atoms with Crippen LogP contribution in [0.15, 0.2) is 90.1 Å². The van der Waals surface area contributed by atoms with Gasteiger partial charge >= 0.3 is 0 Å². The van der Waals surface area contributed by atoms with E-state index in [1.54, 1.807) is 7.11 Å². The molecular weight excluding hydrogens is 406 g/mol. The van der Waals surface area contributed by atoms with Gasteiger partial charge in [0, 0.05) is 16.8 Å². The SMILES string of the molecule is CC.COc1ccc(-c2nnc(SCC(=O)c3ccccc3)n2-c2ccccc2)cc1. The van der Waals surface area contributed by atoms with Crippen molar-refractivity contribution in [1.29, 1.82) is 0 Å². The third-order valence-corrected chi connectivity index (χ3v) is 5.35. The molecule has 31 heavy (non-hydrogen) atoms. The lowest BCUT2D eigenvalue weighted by molar-refractivity contribution is 0.102. The Labute approximate surface area is 187 Å². The number of rotatable bonds is 7. The van der Waals surface area contributed by atoms with E-state index in [1.165, 1.54) is 11.8 Å². The predicted octanol–water partition coefficient (Wildman–Crippen LogP) is 5.94. The lowest BCUT2D eigenvalue weighted by atomic mass is 10.2. The molecule has 0 unspecified atom stereocenters. The Balaban J connectivity index is 0.00000132. The zero-order valence-corrected chi connectivity index (χ0v) is 18.7. The number of ether oxygens (including phenoxy) is 1. The van der Waals surface area contributed by atoms with Crippen LogP contribution in [0.25, 0.3) is 17.1 Å². The molecule has 0 aliphatic carbocycles. The highest BCUT2D eigenvalue weighted by atomic mass is 32.2. The second kappa shape index (κ2) is 11.1. The highest BCUT2D eigenvalue weighted by Gasteiger charge is 2.17. The molecule has 0 atom stereocenters. The molecule has 0 saturated heterocycles. The summed E-state index contributed by atoms with van der Waals surface area (Å²) in [6.45, 7) is 4.00. The summed E-state index contributed by atoms with van der Waals surface area (Å²) in [6, 6.07) is 26.9. The third-order valence-electron chi connectivity index (χ3n) is 4.42. The van der Waals surface area contributed by atoms with E-state index in [4.69, 9.17) is 4.74 Å². The molecular formula is C25H25N3O2S. The van der Waals surface area contributed by atoms with Gasteiger partial charge in [-0.2, -0.15) is 0 Å². The van der Waals surface area contributed by atoms with Crippen molar-refractivity contribution in [2.24, 2.45) is 0 Å². The molecule has 0 saturated carbocycles. The summed E-state index contributed by atoms with van der Waals surface area (Å²) in [7, 11) is 1.64. The number of hydrogen-bond donors (Lipinski definition) is 0. The summed E-state index contributed by atoms with van der Waals surface area (Å²) in [5, 5.41) is 9.45. The lowest BCUT2D eigenvalue weighted by Crippen LogP contribution is -2.04. The zero-order chi connectivity index (χ0) is 22.1. The molecule has 0 spiro atoms. The summed E-state index contributed by atoms with van der Waals surface area (Å²) < 4.78 is 7.22. The molecule has 4 aromatic rings. The first-order valence-electron chi connectivity index (χ1n) is 10.1. The van der Waals surface area contributed by atoms with E-state index in [-0.39, 0.29) is 11.5 Å². The van der Waals surface area contributed by atoms with Gasteiger partial charge in [0.05, 0.1) is 12.9 Å². The van der Waals surface area contributed by atoms with Gasteiger partial charge in [0.1, 0.15) is 5.75 Å². The Bertz CT molecular complexity index is 1090. The monoisotopic (exact) mass is 431 g/mol. The fourth-order valence-corrected chi connectivity index (χ4v) is 3.78. The van der Waals surface area contributed by atoms with Crippen molar-refractivity contribution in [1.82, 2.24) is 14.8 Å². The van der Waals surface area contributed by atoms with E-state index in [0.717, 1.165) is 17.0 Å². The van der Waals surface area contributed by atoms with Crippen molar-refractivity contribution < 1.29 is 9.53 Å². The van der Waals surface area contributed by atoms with Gasteiger partial charge in [0.25, 0.3) is 0 Å². The fraction of sp³-hybridized carbons (Fsp3) is 0.160. The van der Waals surface area contributed by atoms with E-state index < -0.39 is 0 Å². The summed E-state index contributed by atoms with van der Waals surface area (Å²) in [6.07, 6.45) is 0. The number of thioether (sulfide) groups is 1. The molecule has 0 aliphatic rings. The number of para-hydroxylation sites is 1. The number of methoxy groups -OCH3 is 1. The Hall–Kier alpha value is -3.38. The summed E-state index contributed by atoms with van der Waals surface area (Å²) in [5.74, 6) is 1.85. The molecule has 6 heteroatoms. The number of carbonyl (C=O) groups is 1. The lowest BCUT2D eigenvalue weighted by Gasteiger charge is -2.10. The minimum absolute atomic E-state index is 0.0595. The smallest absolute Gasteiger partial charge is 0.196 e. The highest BCUT2D eigenvalue weighted by Crippen LogP contribution is 2.29. The van der Waals surface area contributed by atoms with Crippen LogP contribution in [0.5, 0.6) is 5.75 Å². The third kappa shape index (κ3) is 5.41. The quantitative estimate of drug-likeness (QED) is 0.268. The van der Waals surface area contributed by atoms with Crippen molar-refractivity contribution in [3.05, 3.63) is 90.5 Å². The highest BCUT2D eigenvalue weighted by molar-refractivity contribution is 7.99. The normalized spacial score (nSPS) is 10.2. The number of hydrogen-bond acceptors (Lipinski definition) is 5. The van der Waals surface area contributed by atoms with E-state index in [9.17, 15) is 4.79 Å². The Morgan fingerprint density at radius 2 is 1.48 bits per heavy atom. The van der Waals surface area contributed by atoms with E-state index >= 15 is 0 Å². The van der Waals surface area contributed by atoms with Crippen LogP contribution in [0, 0.1) is 0 Å². The van der Waals surface area contributed by atoms with Gasteiger partial charge in [-0.3, -0.25) is 9.36 Å². The minimum Gasteiger partial charge on any atom is -0.497 e. The van der Waals surface area contributed by atoms with Crippen molar-refractivity contribution in [3.63, 3.8) is 0 Å². The van der Waals surface area contributed by atoms with Crippen LogP contribution >= 0.6 is 11.8 Å². The molecule has 1 aromatic heterocycles. The van der Waals surface area contributed by atoms with Gasteiger partial charge in [-0.05, 0) is 36.4 Å². The van der Waals surface area contributed by atoms with Gasteiger partial charge in [0.15, 0.2) is 16.8 Å². The number of Topliss-reactive ketones (excluding diaryl/α,β-unsaturated/α-hetero) is 1. The van der Waals surface area contributed by atoms with Crippen molar-refractivity contribution >= 4 is 17.5 Å². The molecule has 0 fully saturated rings. The van der Waals surface area contributed by atoms with Gasteiger partial charge in [0.2, 0.25) is 0 Å². The second-order valence-electron chi connectivity index (χ2n) is 6.28. The van der Waals surface area contributed by atoms with Gasteiger partial charge in [-0.25, -0.2) is 0 Å². The summed E-state index contributed by atoms with van der Waals surface area (Å²) >= 11 is 1.38. The largest absolute Gasteiger partial charge is 0.497 e. The number of ketones is 1. The van der Waals surface area contributed by atoms with Crippen LogP contribution in [-0.2, 0) is 0 Å². The van der Waals surface area contributed by atoms with Crippen LogP contribution in [0.2, 0.25) is 0 Å². The molecule has 3 aromatic carbocycles. The average Bonchev–Trinajstić information content (AvgIpc) is 3.29. The molecule has 4 rings (SSSR count). The van der Waals surface area contributed by atoms with E-state index in [2.05, 4.69) is 10.2 Å². The zero-order valence-electron chi connectivity index (χ0n) is 17.9. The molecule has 0 N–H and O–H groups in total. The number of nitrogens with zero attached hydrogens (tertiary/aromatic N) is 3. The number of carbonyl (C=O) groups excluding carboxylic acids is 1. The number of benzene rings is 3. The first kappa shape index (κ1) is 22.3. The summed E-state index contributed by atoms with van der Waals surface area (Å²) in [4.78, 5) is 12.5. The van der Waals surface area contributed by atoms with E-state index in [1.807, 2.05) is 103 Å². The minimum atomic E-state index is 0.0595. The molecule has 158 valence electrons.